The molecule has 3 atom stereocenters. The molecule has 0 saturated carbocycles. The molecule has 2 N–H and O–H groups in total. The van der Waals surface area contributed by atoms with E-state index in [1.807, 2.05) is 43.3 Å². The number of anilines is 1. The van der Waals surface area contributed by atoms with Crippen molar-refractivity contribution in [3.63, 3.8) is 0 Å². The van der Waals surface area contributed by atoms with Crippen LogP contribution in [0.25, 0.3) is 11.4 Å². The van der Waals surface area contributed by atoms with E-state index in [2.05, 4.69) is 105 Å². The monoisotopic (exact) mass is 828 g/mol. The SMILES string of the molecule is CCCCCCC(Oc1ccc(C(C)(C)CC)cc1C(C)(C)CC)C(=O)Nc1ccc(-c2nc3n(n2)N=C(C(C)(C)C)C3=Nc2ccc([N+]3(CCO)CC3C#N)cc2C)cc1. The van der Waals surface area contributed by atoms with Gasteiger partial charge in [-0.3, -0.25) is 9.28 Å². The number of nitrogens with one attached hydrogen (secondary N) is 1. The highest BCUT2D eigenvalue weighted by molar-refractivity contribution is 6.50. The number of hydrogen-bond acceptors (Lipinski definition) is 8. The van der Waals surface area contributed by atoms with Crippen LogP contribution in [0.3, 0.4) is 0 Å². The average Bonchev–Trinajstić information content (AvgIpc) is 3.61. The molecule has 3 unspecified atom stereocenters. The quantitative estimate of drug-likeness (QED) is 0.0582. The van der Waals surface area contributed by atoms with Gasteiger partial charge in [0.1, 0.15) is 29.8 Å². The molecule has 3 aromatic carbocycles. The summed E-state index contributed by atoms with van der Waals surface area (Å²) in [5.74, 6) is 1.67. The van der Waals surface area contributed by atoms with Gasteiger partial charge in [-0.25, -0.2) is 9.98 Å². The number of unbranched alkanes of at least 4 members (excludes halogenated alkanes) is 3. The molecule has 1 aromatic heterocycles. The number of amides is 1. The summed E-state index contributed by atoms with van der Waals surface area (Å²) in [5.41, 5.74) is 7.63. The second kappa shape index (κ2) is 18.0. The Morgan fingerprint density at radius 2 is 1.70 bits per heavy atom. The van der Waals surface area contributed by atoms with E-state index in [1.165, 1.54) is 5.56 Å². The average molecular weight is 828 g/mol. The number of aliphatic imine (C=N–C) groups is 1. The molecule has 11 heteroatoms. The van der Waals surface area contributed by atoms with Crippen LogP contribution in [0.4, 0.5) is 17.1 Å². The molecule has 3 heterocycles. The predicted octanol–water partition coefficient (Wildman–Crippen LogP) is 10.6. The maximum absolute atomic E-state index is 14.1. The molecule has 0 radical (unpaired) electrons. The first-order chi connectivity index (χ1) is 28.9. The summed E-state index contributed by atoms with van der Waals surface area (Å²) in [7, 11) is 0. The number of nitrogens with zero attached hydrogens (tertiary/aromatic N) is 7. The Bertz CT molecular complexity index is 2330. The van der Waals surface area contributed by atoms with Crippen LogP contribution in [0, 0.1) is 23.7 Å². The zero-order chi connectivity index (χ0) is 44.3. The van der Waals surface area contributed by atoms with Crippen LogP contribution in [0.15, 0.2) is 70.8 Å². The van der Waals surface area contributed by atoms with Crippen molar-refractivity contribution >= 4 is 34.4 Å². The van der Waals surface area contributed by atoms with Crippen molar-refractivity contribution < 1.29 is 14.6 Å². The Morgan fingerprint density at radius 1 is 0.984 bits per heavy atom. The van der Waals surface area contributed by atoms with E-state index in [0.29, 0.717) is 47.0 Å². The molecule has 61 heavy (non-hydrogen) atoms. The highest BCUT2D eigenvalue weighted by Crippen LogP contribution is 2.41. The summed E-state index contributed by atoms with van der Waals surface area (Å²) in [4.78, 5) is 25.7. The number of ether oxygens (including phenoxy) is 1. The fraction of sp³-hybridized carbons (Fsp3) is 0.520. The fourth-order valence-corrected chi connectivity index (χ4v) is 7.97. The van der Waals surface area contributed by atoms with Gasteiger partial charge in [-0.15, -0.1) is 9.89 Å². The molecule has 2 aliphatic rings. The van der Waals surface area contributed by atoms with Crippen LogP contribution in [0.5, 0.6) is 5.75 Å². The van der Waals surface area contributed by atoms with Crippen molar-refractivity contribution in [2.45, 2.75) is 144 Å². The zero-order valence-corrected chi connectivity index (χ0v) is 38.4. The number of carbonyl (C=O) groups is 1. The Kier molecular flexibility index (Phi) is 13.4. The Balaban J connectivity index is 1.24. The smallest absolute Gasteiger partial charge is 0.265 e. The van der Waals surface area contributed by atoms with Gasteiger partial charge >= 0.3 is 0 Å². The van der Waals surface area contributed by atoms with E-state index in [1.54, 1.807) is 4.79 Å². The first-order valence-electron chi connectivity index (χ1n) is 22.3. The van der Waals surface area contributed by atoms with Crippen molar-refractivity contribution in [1.29, 1.82) is 5.26 Å². The number of aryl methyl sites for hydroxylation is 1. The van der Waals surface area contributed by atoms with Gasteiger partial charge in [0, 0.05) is 34.4 Å². The largest absolute Gasteiger partial charge is 0.480 e. The molecule has 1 amide bonds. The van der Waals surface area contributed by atoms with Crippen molar-refractivity contribution in [2.24, 2.45) is 15.5 Å². The minimum atomic E-state index is -0.651. The fourth-order valence-electron chi connectivity index (χ4n) is 7.97. The summed E-state index contributed by atoms with van der Waals surface area (Å²) in [6, 6.07) is 22.4. The second-order valence-electron chi connectivity index (χ2n) is 19.3. The molecule has 0 spiro atoms. The number of carbonyl (C=O) groups excluding carboxylic acids is 1. The van der Waals surface area contributed by atoms with Gasteiger partial charge in [0.25, 0.3) is 5.91 Å². The number of hydrogen-bond donors (Lipinski definition) is 2. The van der Waals surface area contributed by atoms with Gasteiger partial charge in [0.15, 0.2) is 18.5 Å². The van der Waals surface area contributed by atoms with Crippen molar-refractivity contribution in [3.8, 4) is 23.2 Å². The molecular formula is C50H67N8O3+. The molecule has 0 aliphatic carbocycles. The van der Waals surface area contributed by atoms with Gasteiger partial charge in [0.05, 0.1) is 18.0 Å². The van der Waals surface area contributed by atoms with Crippen molar-refractivity contribution in [3.05, 3.63) is 83.2 Å². The number of fused-ring (bicyclic) bond motifs is 1. The predicted molar refractivity (Wildman–Crippen MR) is 248 cm³/mol. The first-order valence-corrected chi connectivity index (χ1v) is 22.3. The summed E-state index contributed by atoms with van der Waals surface area (Å²) in [5, 5.41) is 32.2. The van der Waals surface area contributed by atoms with E-state index in [-0.39, 0.29) is 34.8 Å². The number of rotatable bonds is 18. The van der Waals surface area contributed by atoms with E-state index in [9.17, 15) is 15.2 Å². The van der Waals surface area contributed by atoms with Crippen molar-refractivity contribution in [2.75, 3.05) is 25.0 Å². The highest BCUT2D eigenvalue weighted by Gasteiger charge is 2.57. The molecule has 4 aromatic rings. The van der Waals surface area contributed by atoms with Crippen LogP contribution >= 0.6 is 0 Å². The summed E-state index contributed by atoms with van der Waals surface area (Å²) in [6.07, 6.45) is 6.12. The van der Waals surface area contributed by atoms with Crippen LogP contribution < -0.4 is 14.5 Å². The molecule has 1 fully saturated rings. The minimum absolute atomic E-state index is 0.0167. The number of aliphatic hydroxyl groups is 1. The third-order valence-corrected chi connectivity index (χ3v) is 13.0. The lowest BCUT2D eigenvalue weighted by Crippen LogP contribution is -2.34. The van der Waals surface area contributed by atoms with Gasteiger partial charge in [0.2, 0.25) is 11.9 Å². The van der Waals surface area contributed by atoms with Crippen LogP contribution in [0.2, 0.25) is 0 Å². The van der Waals surface area contributed by atoms with Crippen LogP contribution in [-0.2, 0) is 15.6 Å². The molecular weight excluding hydrogens is 761 g/mol. The Morgan fingerprint density at radius 3 is 2.31 bits per heavy atom. The molecule has 324 valence electrons. The number of aliphatic hydroxyl groups excluding tert-OH is 1. The number of quaternary nitrogens is 1. The lowest BCUT2D eigenvalue weighted by Gasteiger charge is -2.31. The lowest BCUT2D eigenvalue weighted by molar-refractivity contribution is -0.123. The third kappa shape index (κ3) is 9.66. The van der Waals surface area contributed by atoms with E-state index in [0.717, 1.165) is 78.1 Å². The Hall–Kier alpha value is -5.18. The van der Waals surface area contributed by atoms with Gasteiger partial charge in [-0.2, -0.15) is 10.4 Å². The molecule has 2 aliphatic heterocycles. The normalized spacial score (nSPS) is 18.7. The maximum Gasteiger partial charge on any atom is 0.265 e. The molecule has 1 saturated heterocycles. The lowest BCUT2D eigenvalue weighted by atomic mass is 9.76. The molecule has 0 bridgehead atoms. The molecule has 11 nitrogen and oxygen atoms in total. The third-order valence-electron chi connectivity index (χ3n) is 13.0. The topological polar surface area (TPSA) is 138 Å². The standard InChI is InChI=1S/C50H66N8O3/c1-12-15-16-17-18-42(61-41-26-21-35(49(8,9)13-2)30-39(41)50(10,11)14-3)47(60)52-36-22-19-34(20-23-36)45-54-46-43(44(48(5,6)7)55-57(46)56-45)53-40-25-24-37(29-33(40)4)58(27-28-59)32-38(58)31-51/h19-26,29-30,38,42,59H,12-18,27-28,32H2,1-11H3/p+1. The van der Waals surface area contributed by atoms with E-state index in [4.69, 9.17) is 24.9 Å². The van der Waals surface area contributed by atoms with Crippen LogP contribution in [-0.4, -0.2) is 69.2 Å². The van der Waals surface area contributed by atoms with Crippen LogP contribution in [0.1, 0.15) is 137 Å². The van der Waals surface area contributed by atoms with E-state index >= 15 is 0 Å². The summed E-state index contributed by atoms with van der Waals surface area (Å²) in [6.45, 7) is 25.2. The summed E-state index contributed by atoms with van der Waals surface area (Å²) < 4.78 is 7.20. The van der Waals surface area contributed by atoms with Gasteiger partial charge < -0.3 is 15.2 Å². The number of nitriles is 1. The number of aromatic nitrogens is 3. The Labute approximate surface area is 363 Å². The van der Waals surface area contributed by atoms with Gasteiger partial charge in [-0.1, -0.05) is 101 Å². The minimum Gasteiger partial charge on any atom is -0.480 e. The van der Waals surface area contributed by atoms with E-state index < -0.39 is 6.10 Å². The van der Waals surface area contributed by atoms with Crippen molar-refractivity contribution in [1.82, 2.24) is 19.4 Å². The van der Waals surface area contributed by atoms with Gasteiger partial charge in [-0.05, 0) is 91.0 Å². The second-order valence-corrected chi connectivity index (χ2v) is 19.3. The maximum atomic E-state index is 14.1. The molecule has 6 rings (SSSR count). The zero-order valence-electron chi connectivity index (χ0n) is 38.4. The first kappa shape index (κ1) is 45.3. The summed E-state index contributed by atoms with van der Waals surface area (Å²) >= 11 is 0. The highest BCUT2D eigenvalue weighted by atomic mass is 16.5. The number of benzene rings is 3.